The molecule has 58 heavy (non-hydrogen) atoms. The Labute approximate surface area is 348 Å². The summed E-state index contributed by atoms with van der Waals surface area (Å²) in [6.07, 6.45) is 18.1. The average Bonchev–Trinajstić information content (AvgIpc) is 3.25. The molecule has 0 heteroatoms. The fourth-order valence-electron chi connectivity index (χ4n) is 9.50. The molecule has 0 bridgehead atoms. The molecule has 0 radical (unpaired) electrons. The quantitative estimate of drug-likeness (QED) is 0.0493. The molecular formula is C58H62. The fraction of sp³-hybridized carbons (Fsp3) is 0.310. The summed E-state index contributed by atoms with van der Waals surface area (Å²) >= 11 is 0. The van der Waals surface area contributed by atoms with Crippen molar-refractivity contribution in [1.29, 1.82) is 0 Å². The third-order valence-electron chi connectivity index (χ3n) is 12.9. The molecule has 0 aromatic heterocycles. The van der Waals surface area contributed by atoms with Crippen molar-refractivity contribution in [2.24, 2.45) is 0 Å². The van der Waals surface area contributed by atoms with Crippen molar-refractivity contribution < 1.29 is 0 Å². The van der Waals surface area contributed by atoms with Gasteiger partial charge >= 0.3 is 0 Å². The van der Waals surface area contributed by atoms with Crippen molar-refractivity contribution in [3.8, 4) is 33.4 Å². The van der Waals surface area contributed by atoms with Crippen molar-refractivity contribution in [3.05, 3.63) is 156 Å². The highest BCUT2D eigenvalue weighted by Crippen LogP contribution is 2.40. The van der Waals surface area contributed by atoms with Crippen molar-refractivity contribution in [3.63, 3.8) is 0 Å². The standard InChI is InChI=1S/C58H62/c1-5-7-9-11-13-15-23-45-37-56(47(33-42(45)4)24-16-14-12-10-8-6-2)52-35-50(46-32-31-44-30-29-43-22-17-18-27-53(43)57(44)38-46)34-51(36-52)54-28-20-26-49-39-55-41(3)21-19-25-48(55)40-58(49)54/h17-22,25-40H,5-16,23-24H2,1-4H3. The van der Waals surface area contributed by atoms with E-state index >= 15 is 0 Å². The lowest BCUT2D eigenvalue weighted by molar-refractivity contribution is 0.605. The number of hydrogen-bond donors (Lipinski definition) is 0. The van der Waals surface area contributed by atoms with Gasteiger partial charge < -0.3 is 0 Å². The van der Waals surface area contributed by atoms with E-state index in [2.05, 4.69) is 161 Å². The first-order chi connectivity index (χ1) is 28.5. The zero-order valence-electron chi connectivity index (χ0n) is 35.6. The first-order valence-electron chi connectivity index (χ1n) is 22.6. The van der Waals surface area contributed by atoms with E-state index in [1.807, 2.05) is 0 Å². The van der Waals surface area contributed by atoms with Gasteiger partial charge in [-0.05, 0) is 175 Å². The Morgan fingerprint density at radius 1 is 0.310 bits per heavy atom. The zero-order valence-corrected chi connectivity index (χ0v) is 35.6. The van der Waals surface area contributed by atoms with Crippen molar-refractivity contribution in [2.75, 3.05) is 0 Å². The fourth-order valence-corrected chi connectivity index (χ4v) is 9.50. The minimum Gasteiger partial charge on any atom is -0.0654 e. The molecule has 0 fully saturated rings. The van der Waals surface area contributed by atoms with Crippen LogP contribution in [0.2, 0.25) is 0 Å². The summed E-state index contributed by atoms with van der Waals surface area (Å²) in [6.45, 7) is 9.21. The predicted molar refractivity (Wildman–Crippen MR) is 256 cm³/mol. The Bertz CT molecular complexity index is 2670. The van der Waals surface area contributed by atoms with Crippen LogP contribution in [0.15, 0.2) is 133 Å². The van der Waals surface area contributed by atoms with Gasteiger partial charge in [-0.15, -0.1) is 0 Å². The van der Waals surface area contributed by atoms with Crippen LogP contribution < -0.4 is 0 Å². The van der Waals surface area contributed by atoms with Crippen LogP contribution in [0, 0.1) is 13.8 Å². The molecule has 0 saturated carbocycles. The molecule has 0 aliphatic rings. The van der Waals surface area contributed by atoms with Gasteiger partial charge in [0, 0.05) is 0 Å². The predicted octanol–water partition coefficient (Wildman–Crippen LogP) is 17.7. The number of fused-ring (bicyclic) bond motifs is 5. The maximum atomic E-state index is 2.60. The molecule has 8 aromatic carbocycles. The van der Waals surface area contributed by atoms with Gasteiger partial charge in [0.25, 0.3) is 0 Å². The van der Waals surface area contributed by atoms with Crippen molar-refractivity contribution in [2.45, 2.75) is 118 Å². The lowest BCUT2D eigenvalue weighted by Crippen LogP contribution is -1.99. The molecular weight excluding hydrogens is 697 g/mol. The van der Waals surface area contributed by atoms with E-state index < -0.39 is 0 Å². The highest BCUT2D eigenvalue weighted by atomic mass is 14.2. The summed E-state index contributed by atoms with van der Waals surface area (Å²) in [6, 6.07) is 51.5. The summed E-state index contributed by atoms with van der Waals surface area (Å²) in [5.74, 6) is 0. The Morgan fingerprint density at radius 2 is 0.879 bits per heavy atom. The molecule has 0 heterocycles. The molecule has 0 aliphatic carbocycles. The molecule has 8 rings (SSSR count). The number of unbranched alkanes of at least 4 members (excludes halogenated alkanes) is 10. The summed E-state index contributed by atoms with van der Waals surface area (Å²) in [7, 11) is 0. The van der Waals surface area contributed by atoms with E-state index in [1.54, 1.807) is 0 Å². The summed E-state index contributed by atoms with van der Waals surface area (Å²) in [5.41, 5.74) is 13.7. The second kappa shape index (κ2) is 18.6. The lowest BCUT2D eigenvalue weighted by atomic mass is 9.86. The molecule has 0 nitrogen and oxygen atoms in total. The van der Waals surface area contributed by atoms with Gasteiger partial charge in [-0.2, -0.15) is 0 Å². The average molecular weight is 759 g/mol. The van der Waals surface area contributed by atoms with E-state index in [0.717, 1.165) is 12.8 Å². The lowest BCUT2D eigenvalue weighted by Gasteiger charge is -2.19. The van der Waals surface area contributed by atoms with Gasteiger partial charge in [-0.3, -0.25) is 0 Å². The van der Waals surface area contributed by atoms with E-state index in [9.17, 15) is 0 Å². The first kappa shape index (κ1) is 39.6. The molecule has 0 atom stereocenters. The Hall–Kier alpha value is -5.20. The highest BCUT2D eigenvalue weighted by Gasteiger charge is 2.16. The smallest absolute Gasteiger partial charge is 0.00990 e. The van der Waals surface area contributed by atoms with Gasteiger partial charge in [-0.25, -0.2) is 0 Å². The SMILES string of the molecule is CCCCCCCCc1cc(-c2cc(-c3ccc4ccc5ccccc5c4c3)cc(-c3cccc4cc5c(C)cccc5cc34)c2)c(CCCCCCCC)cc1C. The monoisotopic (exact) mass is 758 g/mol. The Kier molecular flexibility index (Phi) is 12.7. The topological polar surface area (TPSA) is 0 Å². The van der Waals surface area contributed by atoms with Gasteiger partial charge in [0.05, 0.1) is 0 Å². The highest BCUT2D eigenvalue weighted by molar-refractivity contribution is 6.09. The van der Waals surface area contributed by atoms with Crippen LogP contribution in [0.5, 0.6) is 0 Å². The molecule has 0 amide bonds. The van der Waals surface area contributed by atoms with Crippen LogP contribution in [-0.4, -0.2) is 0 Å². The maximum absolute atomic E-state index is 2.60. The number of benzene rings is 8. The molecule has 0 unspecified atom stereocenters. The Balaban J connectivity index is 1.29. The van der Waals surface area contributed by atoms with Gasteiger partial charge in [0.15, 0.2) is 0 Å². The van der Waals surface area contributed by atoms with Gasteiger partial charge in [-0.1, -0.05) is 175 Å². The zero-order chi connectivity index (χ0) is 39.8. The molecule has 0 saturated heterocycles. The van der Waals surface area contributed by atoms with Crippen molar-refractivity contribution in [1.82, 2.24) is 0 Å². The Morgan fingerprint density at radius 3 is 1.64 bits per heavy atom. The minimum absolute atomic E-state index is 1.13. The molecule has 0 spiro atoms. The third kappa shape index (κ3) is 8.78. The second-order valence-electron chi connectivity index (χ2n) is 17.2. The van der Waals surface area contributed by atoms with Gasteiger partial charge in [0.2, 0.25) is 0 Å². The number of hydrogen-bond acceptors (Lipinski definition) is 0. The van der Waals surface area contributed by atoms with E-state index in [-0.39, 0.29) is 0 Å². The third-order valence-corrected chi connectivity index (χ3v) is 12.9. The summed E-state index contributed by atoms with van der Waals surface area (Å²) in [5, 5.41) is 10.4. The van der Waals surface area contributed by atoms with Gasteiger partial charge in [0.1, 0.15) is 0 Å². The van der Waals surface area contributed by atoms with E-state index in [0.29, 0.717) is 0 Å². The number of rotatable bonds is 17. The van der Waals surface area contributed by atoms with E-state index in [1.165, 1.54) is 176 Å². The molecule has 0 N–H and O–H groups in total. The summed E-state index contributed by atoms with van der Waals surface area (Å²) < 4.78 is 0. The van der Waals surface area contributed by atoms with E-state index in [4.69, 9.17) is 0 Å². The maximum Gasteiger partial charge on any atom is -0.00990 e. The van der Waals surface area contributed by atoms with Crippen LogP contribution in [0.4, 0.5) is 0 Å². The minimum atomic E-state index is 1.13. The first-order valence-corrected chi connectivity index (χ1v) is 22.6. The van der Waals surface area contributed by atoms with Crippen LogP contribution in [-0.2, 0) is 12.8 Å². The summed E-state index contributed by atoms with van der Waals surface area (Å²) in [4.78, 5) is 0. The second-order valence-corrected chi connectivity index (χ2v) is 17.2. The number of aryl methyl sites for hydroxylation is 4. The largest absolute Gasteiger partial charge is 0.0654 e. The molecule has 8 aromatic rings. The van der Waals surface area contributed by atoms with Crippen LogP contribution in [0.1, 0.15) is 113 Å². The van der Waals surface area contributed by atoms with Crippen LogP contribution >= 0.6 is 0 Å². The molecule has 294 valence electrons. The molecule has 0 aliphatic heterocycles. The van der Waals surface area contributed by atoms with Crippen molar-refractivity contribution >= 4 is 43.1 Å². The van der Waals surface area contributed by atoms with Crippen LogP contribution in [0.3, 0.4) is 0 Å². The van der Waals surface area contributed by atoms with Crippen LogP contribution in [0.25, 0.3) is 76.5 Å². The normalized spacial score (nSPS) is 11.7.